The Morgan fingerprint density at radius 2 is 2.13 bits per heavy atom. The molecule has 0 radical (unpaired) electrons. The smallest absolute Gasteiger partial charge is 0.353 e. The van der Waals surface area contributed by atoms with Gasteiger partial charge in [-0.2, -0.15) is 13.2 Å². The molecular formula is C15H15F3N4O. The van der Waals surface area contributed by atoms with Crippen LogP contribution in [0, 0.1) is 0 Å². The molecule has 1 heterocycles. The molecule has 1 aromatic carbocycles. The van der Waals surface area contributed by atoms with Crippen LogP contribution in [-0.2, 0) is 17.5 Å². The van der Waals surface area contributed by atoms with Crippen molar-refractivity contribution in [2.24, 2.45) is 0 Å². The summed E-state index contributed by atoms with van der Waals surface area (Å²) in [5.74, 6) is -0.472. The minimum atomic E-state index is -4.37. The lowest BCUT2D eigenvalue weighted by molar-refractivity contribution is -0.138. The van der Waals surface area contributed by atoms with Gasteiger partial charge in [-0.1, -0.05) is 23.4 Å². The monoisotopic (exact) mass is 324 g/mol. The Morgan fingerprint density at radius 1 is 1.35 bits per heavy atom. The molecule has 2 unspecified atom stereocenters. The van der Waals surface area contributed by atoms with E-state index in [1.165, 1.54) is 23.0 Å². The van der Waals surface area contributed by atoms with E-state index >= 15 is 0 Å². The quantitative estimate of drug-likeness (QED) is 0.918. The Hall–Kier alpha value is -2.38. The number of halogens is 3. The second-order valence-corrected chi connectivity index (χ2v) is 5.52. The second kappa shape index (κ2) is 6.02. The molecule has 1 amide bonds. The molecule has 1 N–H and O–H groups in total. The largest absolute Gasteiger partial charge is 0.416 e. The van der Waals surface area contributed by atoms with Crippen molar-refractivity contribution in [1.29, 1.82) is 0 Å². The van der Waals surface area contributed by atoms with Crippen LogP contribution in [0.25, 0.3) is 0 Å². The fraction of sp³-hybridized carbons (Fsp3) is 0.400. The van der Waals surface area contributed by atoms with Gasteiger partial charge in [0.05, 0.1) is 18.3 Å². The molecule has 23 heavy (non-hydrogen) atoms. The Morgan fingerprint density at radius 3 is 2.83 bits per heavy atom. The van der Waals surface area contributed by atoms with Crippen LogP contribution in [0.2, 0.25) is 0 Å². The first-order valence-corrected chi connectivity index (χ1v) is 7.25. The Balaban J connectivity index is 1.57. The number of aryl methyl sites for hydroxylation is 1. The van der Waals surface area contributed by atoms with E-state index in [0.29, 0.717) is 13.0 Å². The summed E-state index contributed by atoms with van der Waals surface area (Å²) in [4.78, 5) is 11.9. The van der Waals surface area contributed by atoms with Gasteiger partial charge in [-0.3, -0.25) is 9.48 Å². The van der Waals surface area contributed by atoms with Crippen LogP contribution in [-0.4, -0.2) is 26.9 Å². The number of carbonyl (C=O) groups excluding carboxylic acids is 1. The summed E-state index contributed by atoms with van der Waals surface area (Å²) < 4.78 is 40.5. The van der Waals surface area contributed by atoms with Crippen molar-refractivity contribution in [3.63, 3.8) is 0 Å². The van der Waals surface area contributed by atoms with E-state index in [1.807, 2.05) is 0 Å². The van der Waals surface area contributed by atoms with Crippen molar-refractivity contribution in [2.75, 3.05) is 0 Å². The van der Waals surface area contributed by atoms with Crippen LogP contribution in [0.4, 0.5) is 13.2 Å². The zero-order valence-electron chi connectivity index (χ0n) is 12.1. The minimum absolute atomic E-state index is 0.197. The van der Waals surface area contributed by atoms with Crippen LogP contribution in [0.1, 0.15) is 29.9 Å². The highest BCUT2D eigenvalue weighted by molar-refractivity contribution is 5.76. The molecule has 3 rings (SSSR count). The molecule has 1 fully saturated rings. The summed E-state index contributed by atoms with van der Waals surface area (Å²) >= 11 is 0. The molecule has 0 spiro atoms. The zero-order chi connectivity index (χ0) is 16.4. The van der Waals surface area contributed by atoms with Gasteiger partial charge in [0.25, 0.3) is 0 Å². The minimum Gasteiger partial charge on any atom is -0.353 e. The van der Waals surface area contributed by atoms with Gasteiger partial charge in [-0.15, -0.1) is 5.10 Å². The lowest BCUT2D eigenvalue weighted by Gasteiger charge is -2.12. The molecule has 122 valence electrons. The fourth-order valence-corrected chi connectivity index (χ4v) is 2.62. The summed E-state index contributed by atoms with van der Waals surface area (Å²) in [6.07, 6.45) is -0.466. The van der Waals surface area contributed by atoms with Gasteiger partial charge in [0, 0.05) is 24.6 Å². The summed E-state index contributed by atoms with van der Waals surface area (Å²) in [5.41, 5.74) is -0.369. The average Bonchev–Trinajstić information content (AvgIpc) is 3.06. The third kappa shape index (κ3) is 3.69. The highest BCUT2D eigenvalue weighted by atomic mass is 19.4. The van der Waals surface area contributed by atoms with Crippen molar-refractivity contribution in [2.45, 2.75) is 37.5 Å². The molecule has 1 aliphatic rings. The van der Waals surface area contributed by atoms with Crippen LogP contribution in [0.15, 0.2) is 36.7 Å². The lowest BCUT2D eigenvalue weighted by atomic mass is 10.0. The number of rotatable bonds is 5. The number of carbonyl (C=O) groups is 1. The van der Waals surface area contributed by atoms with Crippen LogP contribution < -0.4 is 5.32 Å². The molecule has 0 saturated heterocycles. The molecule has 8 heteroatoms. The molecule has 1 aromatic heterocycles. The number of benzene rings is 1. The van der Waals surface area contributed by atoms with Gasteiger partial charge < -0.3 is 5.32 Å². The van der Waals surface area contributed by atoms with Crippen molar-refractivity contribution >= 4 is 5.91 Å². The Kier molecular flexibility index (Phi) is 4.06. The van der Waals surface area contributed by atoms with Gasteiger partial charge >= 0.3 is 6.18 Å². The van der Waals surface area contributed by atoms with Crippen molar-refractivity contribution in [1.82, 2.24) is 20.3 Å². The summed E-state index contributed by atoms with van der Waals surface area (Å²) in [6, 6.07) is 5.29. The third-order valence-corrected chi connectivity index (χ3v) is 3.84. The molecular weight excluding hydrogens is 309 g/mol. The first kappa shape index (κ1) is 15.5. The average molecular weight is 324 g/mol. The maximum Gasteiger partial charge on any atom is 0.416 e. The third-order valence-electron chi connectivity index (χ3n) is 3.84. The van der Waals surface area contributed by atoms with E-state index in [2.05, 4.69) is 15.6 Å². The van der Waals surface area contributed by atoms with E-state index in [-0.39, 0.29) is 29.9 Å². The van der Waals surface area contributed by atoms with E-state index < -0.39 is 11.7 Å². The van der Waals surface area contributed by atoms with Crippen LogP contribution >= 0.6 is 0 Å². The number of hydrogen-bond acceptors (Lipinski definition) is 3. The molecule has 5 nitrogen and oxygen atoms in total. The zero-order valence-corrected chi connectivity index (χ0v) is 12.1. The topological polar surface area (TPSA) is 59.8 Å². The molecule has 1 saturated carbocycles. The highest BCUT2D eigenvalue weighted by Gasteiger charge is 2.44. The van der Waals surface area contributed by atoms with Gasteiger partial charge in [0.1, 0.15) is 0 Å². The van der Waals surface area contributed by atoms with Crippen LogP contribution in [0.3, 0.4) is 0 Å². The molecule has 2 atom stereocenters. The molecule has 0 aliphatic heterocycles. The number of aromatic nitrogens is 3. The fourth-order valence-electron chi connectivity index (χ4n) is 2.62. The van der Waals surface area contributed by atoms with E-state index in [4.69, 9.17) is 0 Å². The van der Waals surface area contributed by atoms with Crippen molar-refractivity contribution in [3.05, 3.63) is 47.8 Å². The normalized spacial score (nSPS) is 20.3. The maximum atomic E-state index is 13.0. The predicted molar refractivity (Wildman–Crippen MR) is 75.4 cm³/mol. The number of amides is 1. The van der Waals surface area contributed by atoms with Gasteiger partial charge in [-0.25, -0.2) is 0 Å². The summed E-state index contributed by atoms with van der Waals surface area (Å²) in [6.45, 7) is 0.391. The SMILES string of the molecule is O=C(CCn1ccnn1)NC1CC1c1ccccc1C(F)(F)F. The van der Waals surface area contributed by atoms with Crippen molar-refractivity contribution in [3.8, 4) is 0 Å². The number of nitrogens with zero attached hydrogens (tertiary/aromatic N) is 3. The lowest BCUT2D eigenvalue weighted by Crippen LogP contribution is -2.27. The second-order valence-electron chi connectivity index (χ2n) is 5.52. The summed E-state index contributed by atoms with van der Waals surface area (Å²) in [7, 11) is 0. The van der Waals surface area contributed by atoms with Crippen molar-refractivity contribution < 1.29 is 18.0 Å². The first-order chi connectivity index (χ1) is 10.9. The van der Waals surface area contributed by atoms with Gasteiger partial charge in [0.2, 0.25) is 5.91 Å². The number of hydrogen-bond donors (Lipinski definition) is 1. The maximum absolute atomic E-state index is 13.0. The molecule has 0 bridgehead atoms. The molecule has 2 aromatic rings. The summed E-state index contributed by atoms with van der Waals surface area (Å²) in [5, 5.41) is 10.2. The molecule has 1 aliphatic carbocycles. The predicted octanol–water partition coefficient (Wildman–Crippen LogP) is 2.36. The highest BCUT2D eigenvalue weighted by Crippen LogP contribution is 2.46. The Labute approximate surface area is 130 Å². The standard InChI is InChI=1S/C15H15F3N4O/c16-15(17,18)12-4-2-1-3-10(12)11-9-13(11)20-14(23)5-7-22-8-6-19-21-22/h1-4,6,8,11,13H,5,7,9H2,(H,20,23). The first-order valence-electron chi connectivity index (χ1n) is 7.25. The van der Waals surface area contributed by atoms with Crippen LogP contribution in [0.5, 0.6) is 0 Å². The van der Waals surface area contributed by atoms with Gasteiger partial charge in [-0.05, 0) is 18.1 Å². The Bertz CT molecular complexity index is 684. The number of nitrogens with one attached hydrogen (secondary N) is 1. The van der Waals surface area contributed by atoms with E-state index in [9.17, 15) is 18.0 Å². The van der Waals surface area contributed by atoms with E-state index in [0.717, 1.165) is 6.07 Å². The number of alkyl halides is 3. The van der Waals surface area contributed by atoms with Gasteiger partial charge in [0.15, 0.2) is 0 Å². The van der Waals surface area contributed by atoms with E-state index in [1.54, 1.807) is 12.3 Å².